The van der Waals surface area contributed by atoms with E-state index < -0.39 is 23.2 Å². The predicted octanol–water partition coefficient (Wildman–Crippen LogP) is 5.46. The van der Waals surface area contributed by atoms with Gasteiger partial charge in [-0.3, -0.25) is 4.79 Å². The molecule has 1 amide bonds. The zero-order chi connectivity index (χ0) is 24.1. The summed E-state index contributed by atoms with van der Waals surface area (Å²) < 4.78 is 43.8. The predicted molar refractivity (Wildman–Crippen MR) is 115 cm³/mol. The normalized spacial score (nSPS) is 13.9. The minimum atomic E-state index is -4.50. The van der Waals surface area contributed by atoms with E-state index in [0.717, 1.165) is 24.1 Å². The minimum Gasteiger partial charge on any atom is -0.462 e. The van der Waals surface area contributed by atoms with Crippen molar-refractivity contribution in [2.45, 2.75) is 64.8 Å². The van der Waals surface area contributed by atoms with Gasteiger partial charge in [-0.1, -0.05) is 26.0 Å². The Morgan fingerprint density at radius 1 is 1.19 bits per heavy atom. The number of nitrogens with zero attached hydrogens (tertiary/aromatic N) is 2. The largest absolute Gasteiger partial charge is 0.462 e. The Balaban J connectivity index is 2.15. The summed E-state index contributed by atoms with van der Waals surface area (Å²) in [6.07, 6.45) is -3.03. The van der Waals surface area contributed by atoms with Crippen LogP contribution in [-0.4, -0.2) is 22.5 Å². The number of aromatic nitrogens is 1. The van der Waals surface area contributed by atoms with Crippen LogP contribution in [0.15, 0.2) is 42.6 Å². The van der Waals surface area contributed by atoms with Crippen molar-refractivity contribution in [1.82, 2.24) is 10.3 Å². The van der Waals surface area contributed by atoms with Crippen molar-refractivity contribution in [3.63, 3.8) is 0 Å². The number of amides is 1. The van der Waals surface area contributed by atoms with Gasteiger partial charge in [0.1, 0.15) is 0 Å². The monoisotopic (exact) mass is 447 g/mol. The first-order chi connectivity index (χ1) is 14.8. The molecule has 5 nitrogen and oxygen atoms in total. The van der Waals surface area contributed by atoms with Crippen molar-refractivity contribution < 1.29 is 22.7 Å². The summed E-state index contributed by atoms with van der Waals surface area (Å²) in [7, 11) is 0. The number of rotatable bonds is 8. The Morgan fingerprint density at radius 2 is 1.88 bits per heavy atom. The third-order valence-corrected chi connectivity index (χ3v) is 5.10. The molecule has 2 atom stereocenters. The quantitative estimate of drug-likeness (QED) is 0.583. The van der Waals surface area contributed by atoms with Crippen LogP contribution in [0.5, 0.6) is 5.88 Å². The van der Waals surface area contributed by atoms with E-state index in [9.17, 15) is 23.2 Å². The number of carbonyl (C=O) groups excluding carboxylic acids is 1. The highest BCUT2D eigenvalue weighted by molar-refractivity contribution is 5.85. The molecule has 1 aromatic heterocycles. The molecule has 8 heteroatoms. The zero-order valence-electron chi connectivity index (χ0n) is 18.8. The maximum absolute atomic E-state index is 13.0. The van der Waals surface area contributed by atoms with Crippen molar-refractivity contribution in [2.24, 2.45) is 5.92 Å². The number of ether oxygens (including phenoxy) is 1. The molecule has 0 bridgehead atoms. The minimum absolute atomic E-state index is 0.0350. The van der Waals surface area contributed by atoms with Gasteiger partial charge in [-0.25, -0.2) is 4.98 Å². The van der Waals surface area contributed by atoms with E-state index in [0.29, 0.717) is 17.7 Å². The molecular weight excluding hydrogens is 419 g/mol. The molecule has 0 saturated carbocycles. The average Bonchev–Trinajstić information content (AvgIpc) is 2.71. The summed E-state index contributed by atoms with van der Waals surface area (Å²) >= 11 is 0. The summed E-state index contributed by atoms with van der Waals surface area (Å²) in [6.45, 7) is 9.11. The molecule has 1 heterocycles. The second kappa shape index (κ2) is 10.0. The fraction of sp³-hybridized carbons (Fsp3) is 0.458. The first kappa shape index (κ1) is 25.2. The van der Waals surface area contributed by atoms with Gasteiger partial charge in [-0.05, 0) is 56.9 Å². The summed E-state index contributed by atoms with van der Waals surface area (Å²) in [5, 5.41) is 12.2. The number of hydrogen-bond acceptors (Lipinski definition) is 4. The van der Waals surface area contributed by atoms with Crippen molar-refractivity contribution in [3.05, 3.63) is 59.3 Å². The van der Waals surface area contributed by atoms with Crippen LogP contribution in [0.1, 0.15) is 63.6 Å². The van der Waals surface area contributed by atoms with E-state index in [-0.39, 0.29) is 17.8 Å². The molecule has 0 saturated heterocycles. The highest BCUT2D eigenvalue weighted by Gasteiger charge is 2.34. The van der Waals surface area contributed by atoms with Crippen LogP contribution in [-0.2, 0) is 11.0 Å². The first-order valence-electron chi connectivity index (χ1n) is 10.4. The Bertz CT molecular complexity index is 964. The molecule has 0 aliphatic carbocycles. The van der Waals surface area contributed by atoms with E-state index in [4.69, 9.17) is 4.74 Å². The maximum atomic E-state index is 13.0. The molecule has 0 fully saturated rings. The standard InChI is InChI=1S/C24H28F3N3O2/c1-15(2)11-20(18-8-6-7-17(12-18)13-28)16(3)30-22(31)23(4,5)32-21-10-9-19(14-29-21)24(25,26)27/h6-10,12,14-16,20H,11H2,1-5H3,(H,30,31). The third-order valence-electron chi connectivity index (χ3n) is 5.10. The highest BCUT2D eigenvalue weighted by atomic mass is 19.4. The molecule has 0 radical (unpaired) electrons. The van der Waals surface area contributed by atoms with Gasteiger partial charge in [0.2, 0.25) is 5.88 Å². The SMILES string of the molecule is CC(C)CC(c1cccc(C#N)c1)C(C)NC(=O)C(C)(C)Oc1ccc(C(F)(F)F)cn1. The average molecular weight is 448 g/mol. The highest BCUT2D eigenvalue weighted by Crippen LogP contribution is 2.30. The smallest absolute Gasteiger partial charge is 0.417 e. The first-order valence-corrected chi connectivity index (χ1v) is 10.4. The lowest BCUT2D eigenvalue weighted by Gasteiger charge is -2.31. The molecule has 2 rings (SSSR count). The number of carbonyl (C=O) groups is 1. The van der Waals surface area contributed by atoms with Gasteiger partial charge < -0.3 is 10.1 Å². The lowest BCUT2D eigenvalue weighted by molar-refractivity contribution is -0.138. The lowest BCUT2D eigenvalue weighted by atomic mass is 9.84. The summed E-state index contributed by atoms with van der Waals surface area (Å²) in [6, 6.07) is 11.1. The van der Waals surface area contributed by atoms with Gasteiger partial charge in [0.25, 0.3) is 5.91 Å². The molecule has 172 valence electrons. The molecule has 0 aliphatic rings. The van der Waals surface area contributed by atoms with Gasteiger partial charge in [0.15, 0.2) is 5.60 Å². The van der Waals surface area contributed by atoms with Crippen molar-refractivity contribution in [2.75, 3.05) is 0 Å². The molecule has 0 aliphatic heterocycles. The van der Waals surface area contributed by atoms with Crippen molar-refractivity contribution in [3.8, 4) is 11.9 Å². The van der Waals surface area contributed by atoms with Crippen LogP contribution in [0.3, 0.4) is 0 Å². The topological polar surface area (TPSA) is 75.0 Å². The second-order valence-corrected chi connectivity index (χ2v) is 8.73. The van der Waals surface area contributed by atoms with E-state index in [2.05, 4.69) is 30.2 Å². The maximum Gasteiger partial charge on any atom is 0.417 e. The Morgan fingerprint density at radius 3 is 2.41 bits per heavy atom. The second-order valence-electron chi connectivity index (χ2n) is 8.73. The van der Waals surface area contributed by atoms with E-state index in [1.807, 2.05) is 25.1 Å². The van der Waals surface area contributed by atoms with Crippen LogP contribution in [0.4, 0.5) is 13.2 Å². The Hall–Kier alpha value is -3.08. The zero-order valence-corrected chi connectivity index (χ0v) is 18.8. The molecule has 2 unspecified atom stereocenters. The summed E-state index contributed by atoms with van der Waals surface area (Å²) in [5.74, 6) is -0.180. The van der Waals surface area contributed by atoms with Gasteiger partial charge in [0.05, 0.1) is 17.2 Å². The number of benzene rings is 1. The van der Waals surface area contributed by atoms with Crippen LogP contribution in [0.2, 0.25) is 0 Å². The molecule has 1 aromatic carbocycles. The molecule has 32 heavy (non-hydrogen) atoms. The fourth-order valence-electron chi connectivity index (χ4n) is 3.37. The number of nitriles is 1. The van der Waals surface area contributed by atoms with Gasteiger partial charge in [-0.2, -0.15) is 18.4 Å². The number of nitrogens with one attached hydrogen (secondary N) is 1. The molecule has 2 aromatic rings. The van der Waals surface area contributed by atoms with Gasteiger partial charge >= 0.3 is 6.18 Å². The van der Waals surface area contributed by atoms with Crippen LogP contribution >= 0.6 is 0 Å². The van der Waals surface area contributed by atoms with Crippen molar-refractivity contribution in [1.29, 1.82) is 5.26 Å². The molecular formula is C24H28F3N3O2. The number of halogens is 3. The van der Waals surface area contributed by atoms with E-state index in [1.165, 1.54) is 13.8 Å². The van der Waals surface area contributed by atoms with Crippen LogP contribution < -0.4 is 10.1 Å². The summed E-state index contributed by atoms with van der Waals surface area (Å²) in [5.41, 5.74) is -0.755. The van der Waals surface area contributed by atoms with Crippen molar-refractivity contribution >= 4 is 5.91 Å². The number of pyridine rings is 1. The van der Waals surface area contributed by atoms with E-state index in [1.54, 1.807) is 6.07 Å². The Kier molecular flexibility index (Phi) is 7.89. The molecule has 0 spiro atoms. The molecule has 1 N–H and O–H groups in total. The third kappa shape index (κ3) is 6.71. The number of alkyl halides is 3. The van der Waals surface area contributed by atoms with E-state index >= 15 is 0 Å². The van der Waals surface area contributed by atoms with Gasteiger partial charge in [-0.15, -0.1) is 0 Å². The lowest BCUT2D eigenvalue weighted by Crippen LogP contribution is -2.51. The van der Waals surface area contributed by atoms with Crippen LogP contribution in [0.25, 0.3) is 0 Å². The Labute approximate surface area is 186 Å². The summed E-state index contributed by atoms with van der Waals surface area (Å²) in [4.78, 5) is 16.6. The number of hydrogen-bond donors (Lipinski definition) is 1. The fourth-order valence-corrected chi connectivity index (χ4v) is 3.37. The van der Waals surface area contributed by atoms with Gasteiger partial charge in [0, 0.05) is 24.2 Å². The van der Waals surface area contributed by atoms with Crippen LogP contribution in [0, 0.1) is 17.2 Å².